The van der Waals surface area contributed by atoms with Crippen LogP contribution in [0.15, 0.2) is 30.5 Å². The van der Waals surface area contributed by atoms with Crippen LogP contribution < -0.4 is 0 Å². The summed E-state index contributed by atoms with van der Waals surface area (Å²) in [6, 6.07) is 6.32. The summed E-state index contributed by atoms with van der Waals surface area (Å²) in [4.78, 5) is 40.9. The van der Waals surface area contributed by atoms with Crippen LogP contribution in [0, 0.1) is 0 Å². The quantitative estimate of drug-likeness (QED) is 0.597. The zero-order valence-electron chi connectivity index (χ0n) is 11.8. The van der Waals surface area contributed by atoms with Gasteiger partial charge >= 0.3 is 5.97 Å². The number of benzene rings is 1. The molecule has 2 heterocycles. The van der Waals surface area contributed by atoms with Gasteiger partial charge in [0.15, 0.2) is 12.4 Å². The van der Waals surface area contributed by atoms with Crippen molar-refractivity contribution in [2.24, 2.45) is 0 Å². The van der Waals surface area contributed by atoms with E-state index in [4.69, 9.17) is 39.5 Å². The minimum atomic E-state index is -0.935. The molecule has 6 nitrogen and oxygen atoms in total. The van der Waals surface area contributed by atoms with Gasteiger partial charge in [0.25, 0.3) is 11.8 Å². The second kappa shape index (κ2) is 6.39. The number of amides is 2. The highest BCUT2D eigenvalue weighted by atomic mass is 35.5. The Morgan fingerprint density at radius 2 is 1.62 bits per heavy atom. The molecule has 0 fully saturated rings. The number of hydrogen-bond donors (Lipinski definition) is 0. The maximum absolute atomic E-state index is 12.2. The number of pyridine rings is 1. The lowest BCUT2D eigenvalue weighted by atomic mass is 10.1. The molecule has 2 aromatic rings. The number of halogens is 3. The van der Waals surface area contributed by atoms with Gasteiger partial charge in [0.1, 0.15) is 0 Å². The highest BCUT2D eigenvalue weighted by Crippen LogP contribution is 2.31. The number of ether oxygens (including phenoxy) is 1. The first kappa shape index (κ1) is 16.7. The third-order valence-electron chi connectivity index (χ3n) is 3.31. The van der Waals surface area contributed by atoms with Gasteiger partial charge < -0.3 is 4.74 Å². The number of fused-ring (bicyclic) bond motifs is 1. The third-order valence-corrected chi connectivity index (χ3v) is 4.55. The van der Waals surface area contributed by atoms with Crippen molar-refractivity contribution in [3.8, 4) is 0 Å². The van der Waals surface area contributed by atoms with Crippen molar-refractivity contribution in [3.63, 3.8) is 0 Å². The van der Waals surface area contributed by atoms with Crippen LogP contribution in [-0.4, -0.2) is 34.4 Å². The molecular weight excluding hydrogens is 379 g/mol. The highest BCUT2D eigenvalue weighted by Gasteiger charge is 2.36. The van der Waals surface area contributed by atoms with E-state index in [0.29, 0.717) is 0 Å². The van der Waals surface area contributed by atoms with Crippen molar-refractivity contribution in [1.29, 1.82) is 0 Å². The van der Waals surface area contributed by atoms with Crippen LogP contribution in [0.2, 0.25) is 15.1 Å². The number of rotatable bonds is 3. The Kier molecular flexibility index (Phi) is 4.45. The molecule has 1 aromatic carbocycles. The van der Waals surface area contributed by atoms with Gasteiger partial charge in [0.2, 0.25) is 0 Å². The van der Waals surface area contributed by atoms with Crippen molar-refractivity contribution in [1.82, 2.24) is 9.88 Å². The van der Waals surface area contributed by atoms with Crippen LogP contribution >= 0.6 is 34.8 Å². The maximum Gasteiger partial charge on any atom is 0.360 e. The van der Waals surface area contributed by atoms with Gasteiger partial charge in [-0.05, 0) is 12.1 Å². The molecule has 9 heteroatoms. The van der Waals surface area contributed by atoms with E-state index in [2.05, 4.69) is 4.98 Å². The smallest absolute Gasteiger partial charge is 0.360 e. The summed E-state index contributed by atoms with van der Waals surface area (Å²) in [5, 5.41) is -0.129. The number of nitrogens with zero attached hydrogens (tertiary/aromatic N) is 2. The number of imide groups is 1. The minimum Gasteiger partial charge on any atom is -0.439 e. The number of hydrogen-bond acceptors (Lipinski definition) is 5. The van der Waals surface area contributed by atoms with E-state index in [1.807, 2.05) is 0 Å². The van der Waals surface area contributed by atoms with Crippen LogP contribution in [0.1, 0.15) is 31.2 Å². The predicted molar refractivity (Wildman–Crippen MR) is 86.5 cm³/mol. The van der Waals surface area contributed by atoms with E-state index in [-0.39, 0.29) is 31.9 Å². The summed E-state index contributed by atoms with van der Waals surface area (Å²) in [6.45, 7) is -0.566. The first-order valence-electron chi connectivity index (χ1n) is 6.53. The molecule has 0 radical (unpaired) electrons. The second-order valence-corrected chi connectivity index (χ2v) is 5.89. The van der Waals surface area contributed by atoms with Gasteiger partial charge in [-0.3, -0.25) is 9.59 Å². The molecule has 0 unspecified atom stereocenters. The van der Waals surface area contributed by atoms with Crippen LogP contribution in [0.5, 0.6) is 0 Å². The van der Waals surface area contributed by atoms with Crippen molar-refractivity contribution in [2.45, 2.75) is 0 Å². The Morgan fingerprint density at radius 1 is 1.04 bits per heavy atom. The van der Waals surface area contributed by atoms with E-state index in [1.165, 1.54) is 12.1 Å². The summed E-state index contributed by atoms with van der Waals surface area (Å²) >= 11 is 17.5. The van der Waals surface area contributed by atoms with Crippen LogP contribution in [0.3, 0.4) is 0 Å². The summed E-state index contributed by atoms with van der Waals surface area (Å²) in [5.41, 5.74) is 0.246. The third kappa shape index (κ3) is 2.73. The van der Waals surface area contributed by atoms with Crippen molar-refractivity contribution in [2.75, 3.05) is 6.73 Å². The molecule has 122 valence electrons. The number of aromatic nitrogens is 1. The Hall–Kier alpha value is -2.15. The molecule has 0 spiro atoms. The summed E-state index contributed by atoms with van der Waals surface area (Å²) < 4.78 is 4.96. The molecule has 3 rings (SSSR count). The number of carbonyl (C=O) groups is 3. The molecule has 0 N–H and O–H groups in total. The van der Waals surface area contributed by atoms with E-state index in [9.17, 15) is 14.4 Å². The van der Waals surface area contributed by atoms with Crippen molar-refractivity contribution in [3.05, 3.63) is 62.4 Å². The fraction of sp³-hybridized carbons (Fsp3) is 0.0667. The van der Waals surface area contributed by atoms with Crippen molar-refractivity contribution >= 4 is 52.6 Å². The van der Waals surface area contributed by atoms with E-state index >= 15 is 0 Å². The fourth-order valence-corrected chi connectivity index (χ4v) is 2.69. The zero-order chi connectivity index (χ0) is 17.4. The molecule has 2 amide bonds. The molecule has 24 heavy (non-hydrogen) atoms. The fourth-order valence-electron chi connectivity index (χ4n) is 2.13. The summed E-state index contributed by atoms with van der Waals surface area (Å²) in [5.74, 6) is -2.02. The zero-order valence-corrected chi connectivity index (χ0v) is 14.0. The lowest BCUT2D eigenvalue weighted by Gasteiger charge is -2.14. The van der Waals surface area contributed by atoms with Gasteiger partial charge in [-0.1, -0.05) is 46.9 Å². The van der Waals surface area contributed by atoms with Crippen molar-refractivity contribution < 1.29 is 19.1 Å². The van der Waals surface area contributed by atoms with Crippen LogP contribution in [-0.2, 0) is 4.74 Å². The van der Waals surface area contributed by atoms with Gasteiger partial charge in [0.05, 0.1) is 26.2 Å². The molecule has 0 aliphatic carbocycles. The monoisotopic (exact) mass is 384 g/mol. The largest absolute Gasteiger partial charge is 0.439 e. The van der Waals surface area contributed by atoms with E-state index < -0.39 is 24.5 Å². The van der Waals surface area contributed by atoms with Gasteiger partial charge in [-0.2, -0.15) is 0 Å². The maximum atomic E-state index is 12.2. The summed E-state index contributed by atoms with van der Waals surface area (Å²) in [7, 11) is 0. The van der Waals surface area contributed by atoms with Gasteiger partial charge in [-0.25, -0.2) is 14.7 Å². The Balaban J connectivity index is 1.76. The molecule has 0 saturated heterocycles. The normalized spacial score (nSPS) is 13.2. The minimum absolute atomic E-state index is 0.0407. The molecule has 0 atom stereocenters. The van der Waals surface area contributed by atoms with E-state index in [0.717, 1.165) is 11.1 Å². The molecule has 0 saturated carbocycles. The number of esters is 1. The van der Waals surface area contributed by atoms with Gasteiger partial charge in [-0.15, -0.1) is 0 Å². The Bertz CT molecular complexity index is 850. The predicted octanol–water partition coefficient (Wildman–Crippen LogP) is 3.45. The average Bonchev–Trinajstić information content (AvgIpc) is 2.82. The molecular formula is C15H7Cl3N2O4. The second-order valence-electron chi connectivity index (χ2n) is 4.73. The first-order valence-corrected chi connectivity index (χ1v) is 7.67. The molecule has 1 aromatic heterocycles. The molecule has 1 aliphatic rings. The van der Waals surface area contributed by atoms with Crippen LogP contribution in [0.4, 0.5) is 0 Å². The lowest BCUT2D eigenvalue weighted by molar-refractivity contribution is 0.0224. The SMILES string of the molecule is O=C(OCN1C(=O)c2ccccc2C1=O)c1ncc(Cl)c(Cl)c1Cl. The molecule has 1 aliphatic heterocycles. The first-order chi connectivity index (χ1) is 11.4. The number of carbonyl (C=O) groups excluding carboxylic acids is 3. The highest BCUT2D eigenvalue weighted by molar-refractivity contribution is 6.48. The average molecular weight is 386 g/mol. The summed E-state index contributed by atoms with van der Waals surface area (Å²) in [6.07, 6.45) is 1.15. The topological polar surface area (TPSA) is 76.6 Å². The standard InChI is InChI=1S/C15H7Cl3N2O4/c16-9-5-19-12(11(18)10(9)17)15(23)24-6-20-13(21)7-3-1-2-4-8(7)14(20)22/h1-5H,6H2. The Labute approximate surface area is 150 Å². The Morgan fingerprint density at radius 3 is 2.21 bits per heavy atom. The lowest BCUT2D eigenvalue weighted by Crippen LogP contribution is -2.33. The molecule has 0 bridgehead atoms. The van der Waals surface area contributed by atoms with Crippen LogP contribution in [0.25, 0.3) is 0 Å². The van der Waals surface area contributed by atoms with Gasteiger partial charge in [0, 0.05) is 6.20 Å². The van der Waals surface area contributed by atoms with E-state index in [1.54, 1.807) is 12.1 Å².